The maximum absolute atomic E-state index is 13.7. The Morgan fingerprint density at radius 2 is 1.00 bits per heavy atom. The number of aliphatic hydroxyl groups is 1. The number of hydrogen-bond donors (Lipinski definition) is 12. The molecule has 0 spiro atoms. The van der Waals surface area contributed by atoms with Crippen LogP contribution in [0.2, 0.25) is 0 Å². The molecular weight excluding hydrogens is 865 g/mol. The summed E-state index contributed by atoms with van der Waals surface area (Å²) in [6.45, 7) is 16.8. The van der Waals surface area contributed by atoms with Crippen LogP contribution in [-0.4, -0.2) is 143 Å². The molecule has 0 aliphatic carbocycles. The van der Waals surface area contributed by atoms with Crippen molar-refractivity contribution in [3.8, 4) is 0 Å². The Hall–Kier alpha value is -5.87. The molecule has 1 fully saturated rings. The molecule has 1 heterocycles. The van der Waals surface area contributed by atoms with Crippen molar-refractivity contribution in [2.75, 3.05) is 13.1 Å². The molecule has 11 unspecified atom stereocenters. The molecule has 0 bridgehead atoms. The van der Waals surface area contributed by atoms with Crippen molar-refractivity contribution >= 4 is 65.0 Å². The lowest BCUT2D eigenvalue weighted by Gasteiger charge is -2.29. The molecule has 1 saturated heterocycles. The zero-order valence-corrected chi connectivity index (χ0v) is 40.0. The molecule has 0 aromatic heterocycles. The first kappa shape index (κ1) is 58.1. The van der Waals surface area contributed by atoms with Gasteiger partial charge in [0.05, 0.1) is 19.2 Å². The van der Waals surface area contributed by atoms with E-state index in [0.29, 0.717) is 19.3 Å². The Kier molecular flexibility index (Phi) is 24.9. The van der Waals surface area contributed by atoms with Crippen molar-refractivity contribution in [3.05, 3.63) is 0 Å². The summed E-state index contributed by atoms with van der Waals surface area (Å²) in [6.07, 6.45) is 0.202. The molecule has 10 amide bonds. The van der Waals surface area contributed by atoms with Crippen molar-refractivity contribution in [1.82, 2.24) is 53.2 Å². The third-order valence-corrected chi connectivity index (χ3v) is 11.0. The van der Waals surface area contributed by atoms with Crippen LogP contribution in [-0.2, 0) is 52.7 Å². The highest BCUT2D eigenvalue weighted by atomic mass is 16.4. The predicted molar refractivity (Wildman–Crippen MR) is 239 cm³/mol. The number of amides is 10. The summed E-state index contributed by atoms with van der Waals surface area (Å²) in [6, 6.07) is -9.37. The van der Waals surface area contributed by atoms with Crippen LogP contribution in [0.4, 0.5) is 0 Å². The van der Waals surface area contributed by atoms with Crippen molar-refractivity contribution in [3.63, 3.8) is 0 Å². The number of hydrogen-bond acceptors (Lipinski definition) is 12. The summed E-state index contributed by atoms with van der Waals surface area (Å²) in [7, 11) is 0. The third-order valence-electron chi connectivity index (χ3n) is 11.0. The highest BCUT2D eigenvalue weighted by molar-refractivity contribution is 5.98. The van der Waals surface area contributed by atoms with E-state index in [0.717, 1.165) is 0 Å². The lowest BCUT2D eigenvalue weighted by Crippen LogP contribution is -2.61. The minimum absolute atomic E-state index is 0.0132. The molecule has 1 aliphatic heterocycles. The SMILES string of the molecule is CCC(C)C(NC(=O)CNC(=O)C(C)NC(=O)C(CC(C)C)NC(=O)C1CCC(=O)N1)C(=O)NCC(=O)NC(C(=O)NC(CC(C)C)C(=O)NC(C(=O)NC(C)C(=O)O)C(C)O)C(C)CC. The number of carbonyl (C=O) groups is 11. The highest BCUT2D eigenvalue weighted by Gasteiger charge is 2.36. The van der Waals surface area contributed by atoms with Gasteiger partial charge in [0.15, 0.2) is 0 Å². The van der Waals surface area contributed by atoms with Crippen LogP contribution in [0.5, 0.6) is 0 Å². The molecular formula is C43H74N10O13. The number of nitrogens with one attached hydrogen (secondary N) is 10. The van der Waals surface area contributed by atoms with Crippen LogP contribution in [0, 0.1) is 23.7 Å². The van der Waals surface area contributed by atoms with Gasteiger partial charge in [-0.2, -0.15) is 0 Å². The number of aliphatic hydroxyl groups excluding tert-OH is 1. The Balaban J connectivity index is 2.94. The van der Waals surface area contributed by atoms with Gasteiger partial charge < -0.3 is 63.4 Å². The number of rotatable bonds is 28. The van der Waals surface area contributed by atoms with Gasteiger partial charge >= 0.3 is 5.97 Å². The number of carboxylic acid groups (broad SMARTS) is 1. The van der Waals surface area contributed by atoms with E-state index < -0.39 is 138 Å². The molecule has 23 nitrogen and oxygen atoms in total. The van der Waals surface area contributed by atoms with E-state index in [9.17, 15) is 57.8 Å². The molecule has 0 aromatic rings. The van der Waals surface area contributed by atoms with Gasteiger partial charge in [0.1, 0.15) is 48.3 Å². The Bertz CT molecular complexity index is 1740. The van der Waals surface area contributed by atoms with Gasteiger partial charge in [0.2, 0.25) is 59.1 Å². The van der Waals surface area contributed by atoms with Crippen LogP contribution >= 0.6 is 0 Å². The van der Waals surface area contributed by atoms with E-state index in [2.05, 4.69) is 53.2 Å². The van der Waals surface area contributed by atoms with E-state index in [-0.39, 0.29) is 37.0 Å². The molecule has 1 aliphatic rings. The largest absolute Gasteiger partial charge is 0.480 e. The fourth-order valence-corrected chi connectivity index (χ4v) is 6.60. The minimum Gasteiger partial charge on any atom is -0.480 e. The smallest absolute Gasteiger partial charge is 0.325 e. The lowest BCUT2D eigenvalue weighted by atomic mass is 9.96. The fourth-order valence-electron chi connectivity index (χ4n) is 6.60. The second-order valence-electron chi connectivity index (χ2n) is 17.9. The van der Waals surface area contributed by atoms with Crippen LogP contribution in [0.25, 0.3) is 0 Å². The molecule has 0 aromatic carbocycles. The summed E-state index contributed by atoms with van der Waals surface area (Å²) in [5, 5.41) is 44.4. The Morgan fingerprint density at radius 1 is 0.561 bits per heavy atom. The molecule has 23 heteroatoms. The van der Waals surface area contributed by atoms with E-state index in [1.807, 2.05) is 13.8 Å². The first-order valence-corrected chi connectivity index (χ1v) is 22.6. The molecule has 1 rings (SSSR count). The summed E-state index contributed by atoms with van der Waals surface area (Å²) in [4.78, 5) is 141. The zero-order chi connectivity index (χ0) is 50.6. The summed E-state index contributed by atoms with van der Waals surface area (Å²) >= 11 is 0. The van der Waals surface area contributed by atoms with Gasteiger partial charge in [-0.05, 0) is 63.7 Å². The van der Waals surface area contributed by atoms with E-state index in [1.165, 1.54) is 20.8 Å². The van der Waals surface area contributed by atoms with Crippen LogP contribution in [0.3, 0.4) is 0 Å². The zero-order valence-electron chi connectivity index (χ0n) is 40.0. The molecule has 66 heavy (non-hydrogen) atoms. The van der Waals surface area contributed by atoms with Gasteiger partial charge in [0.25, 0.3) is 0 Å². The monoisotopic (exact) mass is 939 g/mol. The van der Waals surface area contributed by atoms with E-state index in [4.69, 9.17) is 5.11 Å². The maximum Gasteiger partial charge on any atom is 0.325 e. The van der Waals surface area contributed by atoms with Gasteiger partial charge in [-0.25, -0.2) is 0 Å². The molecule has 374 valence electrons. The normalized spacial score (nSPS) is 18.0. The van der Waals surface area contributed by atoms with Gasteiger partial charge in [-0.3, -0.25) is 52.7 Å². The van der Waals surface area contributed by atoms with Crippen molar-refractivity contribution in [2.24, 2.45) is 23.7 Å². The minimum atomic E-state index is -1.56. The molecule has 0 radical (unpaired) electrons. The summed E-state index contributed by atoms with van der Waals surface area (Å²) < 4.78 is 0. The van der Waals surface area contributed by atoms with Crippen molar-refractivity contribution in [1.29, 1.82) is 0 Å². The number of aliphatic carboxylic acids is 1. The third kappa shape index (κ3) is 20.1. The average Bonchev–Trinajstić information content (AvgIpc) is 3.69. The van der Waals surface area contributed by atoms with Gasteiger partial charge in [0, 0.05) is 6.42 Å². The standard InChI is InChI=1S/C43H74N10O13/c1-12-22(7)33(51-31(56)18-44-36(58)24(9)46-38(60)28(16-20(3)4)49-37(59)27-14-15-30(55)48-27)40(62)45-19-32(57)52-34(23(8)13-2)41(63)50-29(17-21(5)6)39(61)53-35(26(11)54)42(64)47-25(10)43(65)66/h20-29,33-35,54H,12-19H2,1-11H3,(H,44,58)(H,45,62)(H,46,60)(H,47,64)(H,48,55)(H,49,59)(H,50,63)(H,51,56)(H,52,57)(H,53,61)(H,65,66). The van der Waals surface area contributed by atoms with Crippen LogP contribution in [0.1, 0.15) is 115 Å². The summed E-state index contributed by atoms with van der Waals surface area (Å²) in [5.74, 6) is -9.39. The molecule has 12 N–H and O–H groups in total. The van der Waals surface area contributed by atoms with Crippen molar-refractivity contribution < 1.29 is 63.0 Å². The van der Waals surface area contributed by atoms with E-state index in [1.54, 1.807) is 41.5 Å². The first-order valence-electron chi connectivity index (χ1n) is 22.6. The second kappa shape index (κ2) is 28.2. The van der Waals surface area contributed by atoms with Crippen LogP contribution < -0.4 is 53.2 Å². The lowest BCUT2D eigenvalue weighted by molar-refractivity contribution is -0.142. The predicted octanol–water partition coefficient (Wildman–Crippen LogP) is -2.42. The highest BCUT2D eigenvalue weighted by Crippen LogP contribution is 2.13. The quantitative estimate of drug-likeness (QED) is 0.0389. The van der Waals surface area contributed by atoms with Crippen LogP contribution in [0.15, 0.2) is 0 Å². The fraction of sp³-hybridized carbons (Fsp3) is 0.744. The first-order chi connectivity index (χ1) is 30.7. The van der Waals surface area contributed by atoms with Gasteiger partial charge in [-0.15, -0.1) is 0 Å². The average molecular weight is 939 g/mol. The topological polar surface area (TPSA) is 349 Å². The number of carbonyl (C=O) groups excluding carboxylic acids is 10. The summed E-state index contributed by atoms with van der Waals surface area (Å²) in [5.41, 5.74) is 0. The second-order valence-corrected chi connectivity index (χ2v) is 17.9. The maximum atomic E-state index is 13.7. The number of carboxylic acids is 1. The van der Waals surface area contributed by atoms with E-state index >= 15 is 0 Å². The van der Waals surface area contributed by atoms with Gasteiger partial charge in [-0.1, -0.05) is 68.2 Å². The molecule has 0 saturated carbocycles. The Morgan fingerprint density at radius 3 is 1.44 bits per heavy atom. The van der Waals surface area contributed by atoms with Crippen molar-refractivity contribution in [2.45, 2.75) is 169 Å². The Labute approximate surface area is 386 Å². The molecule has 11 atom stereocenters.